The number of hydrazone groups is 1. The number of nitrogens with zero attached hydrogens (tertiary/aromatic N) is 2. The van der Waals surface area contributed by atoms with Gasteiger partial charge in [0, 0.05) is 12.6 Å². The molecule has 0 spiro atoms. The predicted octanol–water partition coefficient (Wildman–Crippen LogP) is 3.56. The van der Waals surface area contributed by atoms with Crippen LogP contribution in [0.15, 0.2) is 95.4 Å². The van der Waals surface area contributed by atoms with Crippen LogP contribution in [0.25, 0.3) is 0 Å². The van der Waals surface area contributed by atoms with Crippen LogP contribution < -0.4 is 24.5 Å². The second-order valence-corrected chi connectivity index (χ2v) is 9.74. The average molecular weight is 537 g/mol. The molecule has 0 fully saturated rings. The zero-order chi connectivity index (χ0) is 27.5. The van der Waals surface area contributed by atoms with Crippen LogP contribution in [-0.2, 0) is 19.6 Å². The van der Waals surface area contributed by atoms with Crippen molar-refractivity contribution in [2.24, 2.45) is 5.10 Å². The van der Waals surface area contributed by atoms with Crippen molar-refractivity contribution in [1.82, 2.24) is 5.43 Å². The molecule has 0 saturated heterocycles. The molecule has 0 aliphatic carbocycles. The highest BCUT2D eigenvalue weighted by atomic mass is 32.2. The molecular weight excluding hydrogens is 508 g/mol. The van der Waals surface area contributed by atoms with Gasteiger partial charge in [0.05, 0.1) is 23.9 Å². The fourth-order valence-electron chi connectivity index (χ4n) is 3.29. The highest BCUT2D eigenvalue weighted by Crippen LogP contribution is 2.26. The number of methoxy groups -OCH3 is 1. The largest absolute Gasteiger partial charge is 0.497 e. The maximum absolute atomic E-state index is 13.5. The topological polar surface area (TPSA) is 126 Å². The van der Waals surface area contributed by atoms with Crippen molar-refractivity contribution < 1.29 is 27.5 Å². The summed E-state index contributed by atoms with van der Waals surface area (Å²) in [4.78, 5) is 24.0. The van der Waals surface area contributed by atoms with Crippen LogP contribution in [-0.4, -0.2) is 46.7 Å². The van der Waals surface area contributed by atoms with Gasteiger partial charge in [-0.25, -0.2) is 13.8 Å². The highest BCUT2D eigenvalue weighted by Gasteiger charge is 2.27. The molecule has 2 amide bonds. The van der Waals surface area contributed by atoms with Gasteiger partial charge in [0.15, 0.2) is 0 Å². The Hall–Kier alpha value is -4.64. The van der Waals surface area contributed by atoms with Crippen LogP contribution in [0.5, 0.6) is 11.5 Å². The zero-order valence-electron chi connectivity index (χ0n) is 21.0. The smallest absolute Gasteiger partial charge is 0.264 e. The number of carbonyl (C=O) groups excluding carboxylic acids is 2. The van der Waals surface area contributed by atoms with E-state index in [9.17, 15) is 18.0 Å². The van der Waals surface area contributed by atoms with Gasteiger partial charge in [-0.1, -0.05) is 24.8 Å². The summed E-state index contributed by atoms with van der Waals surface area (Å²) in [6, 6.07) is 19.0. The number of benzene rings is 3. The Bertz CT molecular complexity index is 1400. The van der Waals surface area contributed by atoms with E-state index in [-0.39, 0.29) is 16.5 Å². The molecule has 3 rings (SSSR count). The van der Waals surface area contributed by atoms with Crippen molar-refractivity contribution in [2.75, 3.05) is 29.9 Å². The van der Waals surface area contributed by atoms with Gasteiger partial charge in [0.25, 0.3) is 15.9 Å². The van der Waals surface area contributed by atoms with E-state index in [1.165, 1.54) is 56.6 Å². The second kappa shape index (κ2) is 13.1. The number of ether oxygens (including phenoxy) is 2. The zero-order valence-corrected chi connectivity index (χ0v) is 21.8. The minimum Gasteiger partial charge on any atom is -0.497 e. The number of amides is 2. The number of hydrogen-bond donors (Lipinski definition) is 2. The van der Waals surface area contributed by atoms with Gasteiger partial charge in [-0.15, -0.1) is 0 Å². The van der Waals surface area contributed by atoms with E-state index in [0.717, 1.165) is 4.31 Å². The van der Waals surface area contributed by atoms with Gasteiger partial charge in [-0.2, -0.15) is 5.10 Å². The molecule has 0 saturated carbocycles. The third-order valence-corrected chi connectivity index (χ3v) is 6.83. The average Bonchev–Trinajstić information content (AvgIpc) is 2.91. The Kier molecular flexibility index (Phi) is 9.60. The number of anilines is 2. The number of rotatable bonds is 12. The summed E-state index contributed by atoms with van der Waals surface area (Å²) in [7, 11) is -2.67. The van der Waals surface area contributed by atoms with E-state index in [1.54, 1.807) is 42.5 Å². The van der Waals surface area contributed by atoms with Crippen molar-refractivity contribution in [3.8, 4) is 11.5 Å². The van der Waals surface area contributed by atoms with Crippen molar-refractivity contribution in [1.29, 1.82) is 0 Å². The summed E-state index contributed by atoms with van der Waals surface area (Å²) in [5, 5.41) is 6.53. The van der Waals surface area contributed by atoms with E-state index < -0.39 is 22.5 Å². The molecule has 3 aromatic rings. The molecule has 2 N–H and O–H groups in total. The third-order valence-electron chi connectivity index (χ3n) is 5.04. The molecule has 198 valence electrons. The molecule has 0 unspecified atom stereocenters. The minimum atomic E-state index is -4.16. The summed E-state index contributed by atoms with van der Waals surface area (Å²) in [5.41, 5.74) is 3.73. The fourth-order valence-corrected chi connectivity index (χ4v) is 4.71. The van der Waals surface area contributed by atoms with Gasteiger partial charge in [-0.3, -0.25) is 13.9 Å². The summed E-state index contributed by atoms with van der Waals surface area (Å²) in [6.45, 7) is 4.77. The summed E-state index contributed by atoms with van der Waals surface area (Å²) < 4.78 is 38.7. The molecule has 0 radical (unpaired) electrons. The van der Waals surface area contributed by atoms with Crippen LogP contribution in [0.2, 0.25) is 0 Å². The van der Waals surface area contributed by atoms with Crippen molar-refractivity contribution in [3.05, 3.63) is 91.0 Å². The van der Waals surface area contributed by atoms with Crippen LogP contribution >= 0.6 is 0 Å². The molecule has 11 heteroatoms. The van der Waals surface area contributed by atoms with Gasteiger partial charge < -0.3 is 14.8 Å². The lowest BCUT2D eigenvalue weighted by molar-refractivity contribution is -0.119. The lowest BCUT2D eigenvalue weighted by Crippen LogP contribution is -2.39. The molecule has 38 heavy (non-hydrogen) atoms. The van der Waals surface area contributed by atoms with Crippen LogP contribution in [0.3, 0.4) is 0 Å². The van der Waals surface area contributed by atoms with E-state index in [1.807, 2.05) is 0 Å². The quantitative estimate of drug-likeness (QED) is 0.207. The molecule has 0 aliphatic heterocycles. The van der Waals surface area contributed by atoms with Crippen LogP contribution in [0, 0.1) is 0 Å². The fraction of sp³-hybridized carbons (Fsp3) is 0.148. The first-order chi connectivity index (χ1) is 18.2. The van der Waals surface area contributed by atoms with E-state index in [4.69, 9.17) is 9.47 Å². The summed E-state index contributed by atoms with van der Waals surface area (Å²) >= 11 is 0. The van der Waals surface area contributed by atoms with Crippen molar-refractivity contribution in [2.45, 2.75) is 11.8 Å². The lowest BCUT2D eigenvalue weighted by Gasteiger charge is -2.24. The maximum atomic E-state index is 13.5. The Morgan fingerprint density at radius 1 is 1.03 bits per heavy atom. The summed E-state index contributed by atoms with van der Waals surface area (Å²) in [6.07, 6.45) is 3.05. The number of nitrogens with one attached hydrogen (secondary N) is 2. The van der Waals surface area contributed by atoms with Crippen molar-refractivity contribution in [3.63, 3.8) is 0 Å². The Morgan fingerprint density at radius 2 is 1.74 bits per heavy atom. The van der Waals surface area contributed by atoms with E-state index in [2.05, 4.69) is 22.4 Å². The number of sulfonamides is 1. The second-order valence-electron chi connectivity index (χ2n) is 7.88. The normalized spacial score (nSPS) is 11.0. The van der Waals surface area contributed by atoms with Gasteiger partial charge >= 0.3 is 0 Å². The van der Waals surface area contributed by atoms with Crippen LogP contribution in [0.1, 0.15) is 12.5 Å². The van der Waals surface area contributed by atoms with Crippen LogP contribution in [0.4, 0.5) is 11.4 Å². The maximum Gasteiger partial charge on any atom is 0.264 e. The van der Waals surface area contributed by atoms with Crippen molar-refractivity contribution >= 4 is 39.4 Å². The Labute approximate surface area is 221 Å². The first-order valence-corrected chi connectivity index (χ1v) is 12.9. The lowest BCUT2D eigenvalue weighted by atomic mass is 10.2. The molecule has 0 aliphatic rings. The van der Waals surface area contributed by atoms with Gasteiger partial charge in [-0.05, 0) is 66.2 Å². The molecule has 0 aromatic heterocycles. The third kappa shape index (κ3) is 7.68. The molecule has 3 aromatic carbocycles. The molecule has 10 nitrogen and oxygen atoms in total. The first-order valence-electron chi connectivity index (χ1n) is 11.4. The summed E-state index contributed by atoms with van der Waals surface area (Å²) in [5.74, 6) is 0.198. The molecule has 0 bridgehead atoms. The number of hydrogen-bond acceptors (Lipinski definition) is 7. The molecular formula is C27H28N4O6S. The highest BCUT2D eigenvalue weighted by molar-refractivity contribution is 7.92. The predicted molar refractivity (Wildman–Crippen MR) is 146 cm³/mol. The van der Waals surface area contributed by atoms with E-state index >= 15 is 0 Å². The van der Waals surface area contributed by atoms with E-state index in [0.29, 0.717) is 29.4 Å². The molecule has 0 heterocycles. The minimum absolute atomic E-state index is 0.0601. The Morgan fingerprint density at radius 3 is 2.37 bits per heavy atom. The van der Waals surface area contributed by atoms with Gasteiger partial charge in [0.2, 0.25) is 5.91 Å². The SMILES string of the molecule is C=CCOc1cccc(/C=N\NC(=O)CN(c2ccc(OC)cc2)S(=O)(=O)c2ccc(NC(C)=O)cc2)c1. The molecule has 0 atom stereocenters. The number of carbonyl (C=O) groups is 2. The monoisotopic (exact) mass is 536 g/mol. The first kappa shape index (κ1) is 27.9. The standard InChI is InChI=1S/C27H28N4O6S/c1-4-16-37-25-7-5-6-21(17-25)18-28-30-27(33)19-31(23-10-12-24(36-3)13-11-23)38(34,35)26-14-8-22(9-15-26)29-20(2)32/h4-15,17-18H,1,16,19H2,2-3H3,(H,29,32)(H,30,33)/b28-18-. The Balaban J connectivity index is 1.81. The van der Waals surface area contributed by atoms with Gasteiger partial charge in [0.1, 0.15) is 24.7 Å².